The lowest BCUT2D eigenvalue weighted by Crippen LogP contribution is -2.32. The van der Waals surface area contributed by atoms with Gasteiger partial charge in [0, 0.05) is 25.2 Å². The van der Waals surface area contributed by atoms with Crippen molar-refractivity contribution >= 4 is 21.7 Å². The molecule has 0 bridgehead atoms. The van der Waals surface area contributed by atoms with E-state index in [0.717, 1.165) is 5.56 Å². The number of esters is 1. The molecule has 1 rings (SSSR count). The molecule has 118 valence electrons. The monoisotopic (exact) mass is 314 g/mol. The minimum absolute atomic E-state index is 0.0712. The second kappa shape index (κ2) is 7.99. The number of nitrogens with zero attached hydrogens (tertiary/aromatic N) is 1. The van der Waals surface area contributed by atoms with Crippen LogP contribution < -0.4 is 5.73 Å². The zero-order valence-corrected chi connectivity index (χ0v) is 13.2. The summed E-state index contributed by atoms with van der Waals surface area (Å²) in [5, 5.41) is 0. The Balaban J connectivity index is 2.67. The Morgan fingerprint density at radius 1 is 1.38 bits per heavy atom. The Morgan fingerprint density at radius 3 is 2.67 bits per heavy atom. The topological polar surface area (TPSA) is 89.7 Å². The number of benzene rings is 1. The molecule has 6 nitrogen and oxygen atoms in total. The van der Waals surface area contributed by atoms with Crippen LogP contribution >= 0.6 is 0 Å². The fraction of sp³-hybridized carbons (Fsp3) is 0.500. The van der Waals surface area contributed by atoms with Gasteiger partial charge in [-0.15, -0.1) is 0 Å². The summed E-state index contributed by atoms with van der Waals surface area (Å²) < 4.78 is 30.4. The molecule has 0 radical (unpaired) electrons. The summed E-state index contributed by atoms with van der Waals surface area (Å²) >= 11 is 0. The van der Waals surface area contributed by atoms with Crippen molar-refractivity contribution in [1.82, 2.24) is 4.31 Å². The van der Waals surface area contributed by atoms with Gasteiger partial charge in [0.05, 0.1) is 12.9 Å². The lowest BCUT2D eigenvalue weighted by Gasteiger charge is -2.20. The lowest BCUT2D eigenvalue weighted by atomic mass is 10.2. The lowest BCUT2D eigenvalue weighted by molar-refractivity contribution is -0.140. The van der Waals surface area contributed by atoms with Crippen LogP contribution in [0.1, 0.15) is 25.3 Å². The molecular formula is C14H22N2O4S. The van der Waals surface area contributed by atoms with Gasteiger partial charge in [-0.3, -0.25) is 4.79 Å². The zero-order chi connectivity index (χ0) is 15.9. The highest BCUT2D eigenvalue weighted by Gasteiger charge is 2.20. The summed E-state index contributed by atoms with van der Waals surface area (Å²) in [6.45, 7) is 2.43. The van der Waals surface area contributed by atoms with Crippen LogP contribution in [0.2, 0.25) is 0 Å². The van der Waals surface area contributed by atoms with Crippen molar-refractivity contribution in [2.24, 2.45) is 0 Å². The maximum atomic E-state index is 12.3. The average Bonchev–Trinajstić information content (AvgIpc) is 2.44. The van der Waals surface area contributed by atoms with Crippen molar-refractivity contribution in [3.05, 3.63) is 29.8 Å². The standard InChI is InChI=1S/C14H22N2O4S/c1-3-16(11-12-6-4-7-13(15)10-12)21(18,19)9-5-8-14(17)20-2/h4,6-7,10H,3,5,8-9,11,15H2,1-2H3. The number of methoxy groups -OCH3 is 1. The number of sulfonamides is 1. The van der Waals surface area contributed by atoms with Gasteiger partial charge in [-0.1, -0.05) is 19.1 Å². The Labute approximate surface area is 125 Å². The molecule has 0 amide bonds. The van der Waals surface area contributed by atoms with Gasteiger partial charge in [0.1, 0.15) is 0 Å². The summed E-state index contributed by atoms with van der Waals surface area (Å²) in [5.41, 5.74) is 7.14. The molecule has 2 N–H and O–H groups in total. The minimum Gasteiger partial charge on any atom is -0.469 e. The molecule has 0 aromatic heterocycles. The van der Waals surface area contributed by atoms with E-state index in [0.29, 0.717) is 12.2 Å². The zero-order valence-electron chi connectivity index (χ0n) is 12.4. The molecule has 21 heavy (non-hydrogen) atoms. The van der Waals surface area contributed by atoms with Gasteiger partial charge >= 0.3 is 5.97 Å². The van der Waals surface area contributed by atoms with Crippen LogP contribution in [0.3, 0.4) is 0 Å². The second-order valence-corrected chi connectivity index (χ2v) is 6.76. The van der Waals surface area contributed by atoms with Gasteiger partial charge in [-0.05, 0) is 24.1 Å². The van der Waals surface area contributed by atoms with Crippen molar-refractivity contribution < 1.29 is 17.9 Å². The number of rotatable bonds is 8. The number of hydrogen-bond donors (Lipinski definition) is 1. The number of nitrogen functional groups attached to an aromatic ring is 1. The van der Waals surface area contributed by atoms with Crippen LogP contribution in [0.15, 0.2) is 24.3 Å². The molecular weight excluding hydrogens is 292 g/mol. The fourth-order valence-corrected chi connectivity index (χ4v) is 3.44. The third-order valence-electron chi connectivity index (χ3n) is 3.07. The van der Waals surface area contributed by atoms with Crippen molar-refractivity contribution in [3.63, 3.8) is 0 Å². The van der Waals surface area contributed by atoms with Crippen LogP contribution in [-0.4, -0.2) is 38.1 Å². The van der Waals surface area contributed by atoms with E-state index >= 15 is 0 Å². The summed E-state index contributed by atoms with van der Waals surface area (Å²) in [4.78, 5) is 11.0. The van der Waals surface area contributed by atoms with Crippen LogP contribution in [0.5, 0.6) is 0 Å². The molecule has 0 spiro atoms. The molecule has 0 aliphatic carbocycles. The van der Waals surface area contributed by atoms with Crippen LogP contribution in [0, 0.1) is 0 Å². The van der Waals surface area contributed by atoms with E-state index < -0.39 is 16.0 Å². The van der Waals surface area contributed by atoms with E-state index in [9.17, 15) is 13.2 Å². The third-order valence-corrected chi connectivity index (χ3v) is 5.05. The van der Waals surface area contributed by atoms with E-state index in [2.05, 4.69) is 4.74 Å². The summed E-state index contributed by atoms with van der Waals surface area (Å²) in [5.74, 6) is -0.470. The van der Waals surface area contributed by atoms with E-state index in [-0.39, 0.29) is 25.1 Å². The molecule has 7 heteroatoms. The minimum atomic E-state index is -3.40. The summed E-state index contributed by atoms with van der Waals surface area (Å²) in [7, 11) is -2.12. The Morgan fingerprint density at radius 2 is 2.10 bits per heavy atom. The van der Waals surface area contributed by atoms with Crippen molar-refractivity contribution in [1.29, 1.82) is 0 Å². The average molecular weight is 314 g/mol. The van der Waals surface area contributed by atoms with Gasteiger partial charge in [0.15, 0.2) is 0 Å². The second-order valence-electron chi connectivity index (χ2n) is 4.67. The molecule has 0 unspecified atom stereocenters. The van der Waals surface area contributed by atoms with Crippen molar-refractivity contribution in [3.8, 4) is 0 Å². The molecule has 0 heterocycles. The number of nitrogens with two attached hydrogens (primary N) is 1. The number of anilines is 1. The van der Waals surface area contributed by atoms with Crippen LogP contribution in [0.4, 0.5) is 5.69 Å². The van der Waals surface area contributed by atoms with E-state index in [1.54, 1.807) is 25.1 Å². The maximum absolute atomic E-state index is 12.3. The predicted molar refractivity (Wildman–Crippen MR) is 82.0 cm³/mol. The van der Waals surface area contributed by atoms with Crippen molar-refractivity contribution in [2.75, 3.05) is 25.1 Å². The van der Waals surface area contributed by atoms with Crippen LogP contribution in [0.25, 0.3) is 0 Å². The highest BCUT2D eigenvalue weighted by Crippen LogP contribution is 2.13. The molecule has 0 saturated heterocycles. The molecule has 1 aromatic rings. The van der Waals surface area contributed by atoms with E-state index in [1.165, 1.54) is 11.4 Å². The molecule has 0 aliphatic rings. The Bertz CT molecular complexity index is 572. The fourth-order valence-electron chi connectivity index (χ4n) is 1.93. The first-order valence-electron chi connectivity index (χ1n) is 6.78. The largest absolute Gasteiger partial charge is 0.469 e. The molecule has 0 fully saturated rings. The first-order chi connectivity index (χ1) is 9.89. The summed E-state index contributed by atoms with van der Waals surface area (Å²) in [6.07, 6.45) is 0.355. The third kappa shape index (κ3) is 5.73. The van der Waals surface area contributed by atoms with Gasteiger partial charge < -0.3 is 10.5 Å². The van der Waals surface area contributed by atoms with E-state index in [1.807, 2.05) is 6.07 Å². The molecule has 1 aromatic carbocycles. The van der Waals surface area contributed by atoms with Crippen molar-refractivity contribution in [2.45, 2.75) is 26.3 Å². The Kier molecular flexibility index (Phi) is 6.64. The SMILES string of the molecule is CCN(Cc1cccc(N)c1)S(=O)(=O)CCCC(=O)OC. The summed E-state index contributed by atoms with van der Waals surface area (Å²) in [6, 6.07) is 7.14. The number of ether oxygens (including phenoxy) is 1. The smallest absolute Gasteiger partial charge is 0.305 e. The van der Waals surface area contributed by atoms with Gasteiger partial charge in [-0.2, -0.15) is 4.31 Å². The van der Waals surface area contributed by atoms with Crippen LogP contribution in [-0.2, 0) is 26.1 Å². The number of carbonyl (C=O) groups excluding carboxylic acids is 1. The number of carbonyl (C=O) groups is 1. The highest BCUT2D eigenvalue weighted by atomic mass is 32.2. The first-order valence-corrected chi connectivity index (χ1v) is 8.39. The molecule has 0 aliphatic heterocycles. The first kappa shape index (κ1) is 17.5. The van der Waals surface area contributed by atoms with E-state index in [4.69, 9.17) is 5.73 Å². The maximum Gasteiger partial charge on any atom is 0.305 e. The Hall–Kier alpha value is -1.60. The quantitative estimate of drug-likeness (QED) is 0.578. The predicted octanol–water partition coefficient (Wildman–Crippen LogP) is 1.37. The van der Waals surface area contributed by atoms with Gasteiger partial charge in [0.2, 0.25) is 10.0 Å². The molecule has 0 saturated carbocycles. The van der Waals surface area contributed by atoms with Gasteiger partial charge in [-0.25, -0.2) is 8.42 Å². The normalized spacial score (nSPS) is 11.6. The molecule has 0 atom stereocenters. The van der Waals surface area contributed by atoms with Gasteiger partial charge in [0.25, 0.3) is 0 Å². The number of hydrogen-bond acceptors (Lipinski definition) is 5. The highest BCUT2D eigenvalue weighted by molar-refractivity contribution is 7.89.